The predicted molar refractivity (Wildman–Crippen MR) is 54.4 cm³/mol. The summed E-state index contributed by atoms with van der Waals surface area (Å²) in [5.74, 6) is 1.05. The van der Waals surface area contributed by atoms with Gasteiger partial charge in [-0.3, -0.25) is 4.79 Å². The molecule has 1 atom stereocenters. The molecule has 0 aromatic carbocycles. The number of carbonyl (C=O) groups excluding carboxylic acids is 1. The lowest BCUT2D eigenvalue weighted by molar-refractivity contribution is -0.120. The second-order valence-electron chi connectivity index (χ2n) is 5.36. The predicted octanol–water partition coefficient (Wildman–Crippen LogP) is 2.12. The summed E-state index contributed by atoms with van der Waals surface area (Å²) >= 11 is 0. The van der Waals surface area contributed by atoms with Gasteiger partial charge >= 0.3 is 0 Å². The molecule has 2 N–H and O–H groups in total. The molecule has 0 amide bonds. The van der Waals surface area contributed by atoms with E-state index in [1.165, 1.54) is 12.8 Å². The molecule has 2 heteroatoms. The average molecular weight is 183 g/mol. The molecule has 0 radical (unpaired) electrons. The molecule has 0 bridgehead atoms. The minimum Gasteiger partial charge on any atom is -0.327 e. The van der Waals surface area contributed by atoms with E-state index in [2.05, 4.69) is 20.8 Å². The monoisotopic (exact) mass is 183 g/mol. The van der Waals surface area contributed by atoms with Gasteiger partial charge in [0.25, 0.3) is 0 Å². The maximum Gasteiger partial charge on any atom is 0.134 e. The standard InChI is InChI=1S/C11H21NO/c1-11(2,3)10(12)7-9(13)6-8-4-5-8/h8,10H,4-7,12H2,1-3H3. The van der Waals surface area contributed by atoms with Gasteiger partial charge in [-0.2, -0.15) is 0 Å². The highest BCUT2D eigenvalue weighted by molar-refractivity contribution is 5.79. The first-order valence-electron chi connectivity index (χ1n) is 5.17. The Balaban J connectivity index is 2.25. The van der Waals surface area contributed by atoms with Gasteiger partial charge in [0, 0.05) is 18.9 Å². The largest absolute Gasteiger partial charge is 0.327 e. The summed E-state index contributed by atoms with van der Waals surface area (Å²) < 4.78 is 0. The molecule has 0 saturated heterocycles. The third-order valence-corrected chi connectivity index (χ3v) is 2.77. The van der Waals surface area contributed by atoms with Crippen LogP contribution >= 0.6 is 0 Å². The zero-order chi connectivity index (χ0) is 10.1. The van der Waals surface area contributed by atoms with Crippen molar-refractivity contribution in [1.29, 1.82) is 0 Å². The van der Waals surface area contributed by atoms with Crippen LogP contribution in [0.4, 0.5) is 0 Å². The molecule has 1 unspecified atom stereocenters. The van der Waals surface area contributed by atoms with E-state index in [-0.39, 0.29) is 11.5 Å². The maximum atomic E-state index is 11.5. The first kappa shape index (κ1) is 10.7. The zero-order valence-electron chi connectivity index (χ0n) is 8.97. The SMILES string of the molecule is CC(C)(C)C(N)CC(=O)CC1CC1. The van der Waals surface area contributed by atoms with Crippen LogP contribution in [0.2, 0.25) is 0 Å². The van der Waals surface area contributed by atoms with Crippen molar-refractivity contribution in [3.05, 3.63) is 0 Å². The van der Waals surface area contributed by atoms with Crippen LogP contribution in [-0.2, 0) is 4.79 Å². The molecule has 0 aromatic rings. The lowest BCUT2D eigenvalue weighted by Gasteiger charge is -2.26. The second-order valence-corrected chi connectivity index (χ2v) is 5.36. The molecule has 1 aliphatic carbocycles. The van der Waals surface area contributed by atoms with Crippen molar-refractivity contribution in [2.24, 2.45) is 17.1 Å². The Labute approximate surface area is 80.9 Å². The summed E-state index contributed by atoms with van der Waals surface area (Å²) in [6, 6.07) is 0.0127. The van der Waals surface area contributed by atoms with Gasteiger partial charge in [0.1, 0.15) is 5.78 Å². The summed E-state index contributed by atoms with van der Waals surface area (Å²) in [4.78, 5) is 11.5. The van der Waals surface area contributed by atoms with Gasteiger partial charge in [0.2, 0.25) is 0 Å². The van der Waals surface area contributed by atoms with Crippen LogP contribution in [0.25, 0.3) is 0 Å². The lowest BCUT2D eigenvalue weighted by atomic mass is 9.84. The number of hydrogen-bond acceptors (Lipinski definition) is 2. The van der Waals surface area contributed by atoms with Gasteiger partial charge in [-0.15, -0.1) is 0 Å². The molecular weight excluding hydrogens is 162 g/mol. The summed E-state index contributed by atoms with van der Waals surface area (Å²) in [5, 5.41) is 0. The maximum absolute atomic E-state index is 11.5. The first-order valence-corrected chi connectivity index (χ1v) is 5.17. The molecule has 1 saturated carbocycles. The Kier molecular flexibility index (Phi) is 3.12. The average Bonchev–Trinajstić information content (AvgIpc) is 2.68. The Hall–Kier alpha value is -0.370. The molecule has 76 valence electrons. The summed E-state index contributed by atoms with van der Waals surface area (Å²) in [6.07, 6.45) is 3.82. The first-order chi connectivity index (χ1) is 5.89. The molecule has 0 heterocycles. The van der Waals surface area contributed by atoms with Crippen molar-refractivity contribution >= 4 is 5.78 Å². The lowest BCUT2D eigenvalue weighted by Crippen LogP contribution is -2.37. The molecule has 1 aliphatic rings. The van der Waals surface area contributed by atoms with Crippen LogP contribution in [0.5, 0.6) is 0 Å². The van der Waals surface area contributed by atoms with E-state index in [9.17, 15) is 4.79 Å². The fourth-order valence-corrected chi connectivity index (χ4v) is 1.28. The van der Waals surface area contributed by atoms with Gasteiger partial charge in [0.15, 0.2) is 0 Å². The number of rotatable bonds is 4. The molecule has 1 rings (SSSR count). The smallest absolute Gasteiger partial charge is 0.134 e. The number of Topliss-reactive ketones (excluding diaryl/α,β-unsaturated/α-hetero) is 1. The summed E-state index contributed by atoms with van der Waals surface area (Å²) in [5.41, 5.74) is 5.98. The van der Waals surface area contributed by atoms with Gasteiger partial charge in [-0.1, -0.05) is 20.8 Å². The number of nitrogens with two attached hydrogens (primary N) is 1. The summed E-state index contributed by atoms with van der Waals surface area (Å²) in [7, 11) is 0. The van der Waals surface area contributed by atoms with E-state index in [0.717, 1.165) is 6.42 Å². The van der Waals surface area contributed by atoms with Crippen molar-refractivity contribution < 1.29 is 4.79 Å². The molecule has 0 aliphatic heterocycles. The van der Waals surface area contributed by atoms with Gasteiger partial charge in [-0.25, -0.2) is 0 Å². The van der Waals surface area contributed by atoms with Gasteiger partial charge < -0.3 is 5.73 Å². The molecule has 13 heavy (non-hydrogen) atoms. The second kappa shape index (κ2) is 3.79. The van der Waals surface area contributed by atoms with Crippen LogP contribution in [0.15, 0.2) is 0 Å². The Morgan fingerprint density at radius 3 is 2.38 bits per heavy atom. The molecule has 0 aromatic heterocycles. The molecule has 1 fully saturated rings. The van der Waals surface area contributed by atoms with E-state index >= 15 is 0 Å². The number of hydrogen-bond donors (Lipinski definition) is 1. The van der Waals surface area contributed by atoms with Crippen molar-refractivity contribution in [2.75, 3.05) is 0 Å². The van der Waals surface area contributed by atoms with E-state index in [0.29, 0.717) is 18.1 Å². The Morgan fingerprint density at radius 1 is 1.46 bits per heavy atom. The van der Waals surface area contributed by atoms with Crippen molar-refractivity contribution in [1.82, 2.24) is 0 Å². The Morgan fingerprint density at radius 2 is 2.00 bits per heavy atom. The molecule has 2 nitrogen and oxygen atoms in total. The van der Waals surface area contributed by atoms with Crippen LogP contribution in [0, 0.1) is 11.3 Å². The fourth-order valence-electron chi connectivity index (χ4n) is 1.28. The van der Waals surface area contributed by atoms with E-state index in [4.69, 9.17) is 5.73 Å². The van der Waals surface area contributed by atoms with Crippen molar-refractivity contribution in [2.45, 2.75) is 52.5 Å². The zero-order valence-corrected chi connectivity index (χ0v) is 8.97. The third kappa shape index (κ3) is 3.90. The van der Waals surface area contributed by atoms with Crippen molar-refractivity contribution in [3.63, 3.8) is 0 Å². The highest BCUT2D eigenvalue weighted by Crippen LogP contribution is 2.33. The van der Waals surface area contributed by atoms with Crippen molar-refractivity contribution in [3.8, 4) is 0 Å². The van der Waals surface area contributed by atoms with Crippen LogP contribution in [0.1, 0.15) is 46.5 Å². The topological polar surface area (TPSA) is 43.1 Å². The summed E-state index contributed by atoms with van der Waals surface area (Å²) in [6.45, 7) is 6.26. The van der Waals surface area contributed by atoms with E-state index in [1.54, 1.807) is 0 Å². The minimum atomic E-state index is 0.0127. The van der Waals surface area contributed by atoms with Gasteiger partial charge in [0.05, 0.1) is 0 Å². The molecular formula is C11H21NO. The van der Waals surface area contributed by atoms with E-state index < -0.39 is 0 Å². The van der Waals surface area contributed by atoms with Gasteiger partial charge in [-0.05, 0) is 24.2 Å². The highest BCUT2D eigenvalue weighted by Gasteiger charge is 2.27. The highest BCUT2D eigenvalue weighted by atomic mass is 16.1. The number of carbonyl (C=O) groups is 1. The van der Waals surface area contributed by atoms with E-state index in [1.807, 2.05) is 0 Å². The van der Waals surface area contributed by atoms with Crippen LogP contribution < -0.4 is 5.73 Å². The minimum absolute atomic E-state index is 0.0127. The quantitative estimate of drug-likeness (QED) is 0.725. The van der Waals surface area contributed by atoms with Crippen LogP contribution in [-0.4, -0.2) is 11.8 Å². The Bertz CT molecular complexity index is 189. The third-order valence-electron chi connectivity index (χ3n) is 2.77. The fraction of sp³-hybridized carbons (Fsp3) is 0.909. The molecule has 0 spiro atoms. The van der Waals surface area contributed by atoms with Crippen LogP contribution in [0.3, 0.4) is 0 Å². The number of ketones is 1. The normalized spacial score (nSPS) is 20.0.